The van der Waals surface area contributed by atoms with Gasteiger partial charge in [-0.1, -0.05) is 10.4 Å². The third-order valence-corrected chi connectivity index (χ3v) is 7.26. The van der Waals surface area contributed by atoms with E-state index in [2.05, 4.69) is 50.9 Å². The van der Waals surface area contributed by atoms with Crippen LogP contribution in [0.3, 0.4) is 0 Å². The number of nitrogens with one attached hydrogen (secondary N) is 1. The molecule has 0 aliphatic heterocycles. The SMILES string of the molecule is CCNC(=O)c1cc(-c2cn(-c3c(O)nc4ncccc4c3C(=O)O)nn2)nc(-c2cn(-c3c(O)nc4ncccc4c3C(=O)O)nn2)c1. The Labute approximate surface area is 272 Å². The number of aromatic carboxylic acids is 2. The Hall–Kier alpha value is -7.44. The number of hydrogen-bond acceptors (Lipinski definition) is 14. The summed E-state index contributed by atoms with van der Waals surface area (Å²) in [6, 6.07) is 8.86. The number of nitrogens with zero attached hydrogens (tertiary/aromatic N) is 11. The van der Waals surface area contributed by atoms with Crippen molar-refractivity contribution in [3.63, 3.8) is 0 Å². The van der Waals surface area contributed by atoms with Crippen LogP contribution in [0.15, 0.2) is 61.2 Å². The second-order valence-corrected chi connectivity index (χ2v) is 10.3. The van der Waals surface area contributed by atoms with Gasteiger partial charge in [0.15, 0.2) is 11.3 Å². The number of hydrogen-bond donors (Lipinski definition) is 5. The number of amides is 1. The van der Waals surface area contributed by atoms with Gasteiger partial charge in [-0.3, -0.25) is 4.79 Å². The Kier molecular flexibility index (Phi) is 7.24. The number of fused-ring (bicyclic) bond motifs is 2. The highest BCUT2D eigenvalue weighted by Crippen LogP contribution is 2.33. The molecule has 7 aromatic rings. The summed E-state index contributed by atoms with van der Waals surface area (Å²) in [5, 5.41) is 60.7. The summed E-state index contributed by atoms with van der Waals surface area (Å²) < 4.78 is 2.03. The minimum atomic E-state index is -1.38. The van der Waals surface area contributed by atoms with Crippen molar-refractivity contribution in [3.8, 4) is 45.9 Å². The highest BCUT2D eigenvalue weighted by atomic mass is 16.4. The Morgan fingerprint density at radius 3 is 1.61 bits per heavy atom. The predicted octanol–water partition coefficient (Wildman–Crippen LogP) is 2.02. The number of aromatic nitrogens is 11. The van der Waals surface area contributed by atoms with Gasteiger partial charge < -0.3 is 25.7 Å². The first kappa shape index (κ1) is 30.2. The van der Waals surface area contributed by atoms with E-state index in [-0.39, 0.29) is 72.9 Å². The summed E-state index contributed by atoms with van der Waals surface area (Å²) in [6.07, 6.45) is 5.39. The normalized spacial score (nSPS) is 11.2. The molecular formula is C30H20N12O7. The van der Waals surface area contributed by atoms with Gasteiger partial charge in [0.1, 0.15) is 33.9 Å². The van der Waals surface area contributed by atoms with E-state index >= 15 is 0 Å². The monoisotopic (exact) mass is 660 g/mol. The van der Waals surface area contributed by atoms with Crippen LogP contribution in [0.2, 0.25) is 0 Å². The maximum atomic E-state index is 13.0. The summed E-state index contributed by atoms with van der Waals surface area (Å²) >= 11 is 0. The van der Waals surface area contributed by atoms with E-state index in [0.717, 1.165) is 9.36 Å². The van der Waals surface area contributed by atoms with Crippen LogP contribution in [-0.2, 0) is 0 Å². The quantitative estimate of drug-likeness (QED) is 0.156. The lowest BCUT2D eigenvalue weighted by molar-refractivity contribution is 0.0687. The zero-order chi connectivity index (χ0) is 34.4. The van der Waals surface area contributed by atoms with Crippen molar-refractivity contribution < 1.29 is 34.8 Å². The van der Waals surface area contributed by atoms with E-state index in [0.29, 0.717) is 6.54 Å². The summed E-state index contributed by atoms with van der Waals surface area (Å²) in [6.45, 7) is 2.04. The minimum Gasteiger partial charge on any atom is -0.492 e. The van der Waals surface area contributed by atoms with Crippen molar-refractivity contribution in [1.29, 1.82) is 0 Å². The second kappa shape index (κ2) is 11.7. The Morgan fingerprint density at radius 2 is 1.18 bits per heavy atom. The standard InChI is InChI=1S/C30H20N12O7/c1-2-31-26(43)13-9-16(18-11-41(39-37-18)22-20(29(46)47)14-5-3-7-32-24(14)35-27(22)44)34-17(10-13)19-12-42(40-38-19)23-21(30(48)49)15-6-4-8-33-25(15)36-28(23)45/h3-12H,2H2,1H3,(H,31,43)(H,46,47)(H,48,49)(H,32,35,44)(H,33,36,45). The molecule has 7 rings (SSSR count). The van der Waals surface area contributed by atoms with Gasteiger partial charge in [-0.05, 0) is 43.3 Å². The molecule has 0 aromatic carbocycles. The first-order chi connectivity index (χ1) is 23.6. The van der Waals surface area contributed by atoms with Crippen molar-refractivity contribution >= 4 is 39.9 Å². The first-order valence-electron chi connectivity index (χ1n) is 14.2. The zero-order valence-electron chi connectivity index (χ0n) is 24.9. The fraction of sp³-hybridized carbons (Fsp3) is 0.0667. The topological polar surface area (TPSA) is 270 Å². The number of aromatic hydroxyl groups is 2. The molecule has 242 valence electrons. The van der Waals surface area contributed by atoms with Crippen molar-refractivity contribution in [2.24, 2.45) is 0 Å². The summed E-state index contributed by atoms with van der Waals surface area (Å²) in [4.78, 5) is 58.2. The minimum absolute atomic E-state index is 0.00964. The molecule has 19 heteroatoms. The number of carbonyl (C=O) groups excluding carboxylic acids is 1. The van der Waals surface area contributed by atoms with Gasteiger partial charge in [0.2, 0.25) is 11.8 Å². The van der Waals surface area contributed by atoms with Crippen LogP contribution < -0.4 is 5.32 Å². The fourth-order valence-corrected chi connectivity index (χ4v) is 5.18. The summed E-state index contributed by atoms with van der Waals surface area (Å²) in [7, 11) is 0. The van der Waals surface area contributed by atoms with Crippen LogP contribution in [0.5, 0.6) is 11.8 Å². The smallest absolute Gasteiger partial charge is 0.338 e. The highest BCUT2D eigenvalue weighted by Gasteiger charge is 2.26. The van der Waals surface area contributed by atoms with E-state index in [1.54, 1.807) is 6.92 Å². The lowest BCUT2D eigenvalue weighted by atomic mass is 10.1. The largest absolute Gasteiger partial charge is 0.492 e. The van der Waals surface area contributed by atoms with Crippen molar-refractivity contribution in [3.05, 3.63) is 77.9 Å². The third kappa shape index (κ3) is 5.21. The molecule has 5 N–H and O–H groups in total. The molecule has 1 amide bonds. The molecule has 7 aromatic heterocycles. The van der Waals surface area contributed by atoms with E-state index in [4.69, 9.17) is 0 Å². The summed E-state index contributed by atoms with van der Waals surface area (Å²) in [5.41, 5.74) is -0.717. The average Bonchev–Trinajstić information content (AvgIpc) is 3.78. The third-order valence-electron chi connectivity index (χ3n) is 7.26. The van der Waals surface area contributed by atoms with Crippen LogP contribution in [0.25, 0.3) is 56.2 Å². The van der Waals surface area contributed by atoms with Gasteiger partial charge in [-0.25, -0.2) is 33.9 Å². The number of rotatable bonds is 8. The molecule has 0 saturated carbocycles. The lowest BCUT2D eigenvalue weighted by Gasteiger charge is -2.10. The molecule has 0 aliphatic rings. The van der Waals surface area contributed by atoms with Crippen LogP contribution in [0.1, 0.15) is 38.0 Å². The molecule has 0 fully saturated rings. The molecule has 0 bridgehead atoms. The molecule has 0 aliphatic carbocycles. The van der Waals surface area contributed by atoms with Crippen molar-refractivity contribution in [1.82, 2.24) is 60.2 Å². The van der Waals surface area contributed by atoms with E-state index in [1.807, 2.05) is 0 Å². The first-order valence-corrected chi connectivity index (χ1v) is 14.2. The molecule has 0 saturated heterocycles. The zero-order valence-corrected chi connectivity index (χ0v) is 24.9. The van der Waals surface area contributed by atoms with Crippen LogP contribution in [0.4, 0.5) is 0 Å². The maximum absolute atomic E-state index is 13.0. The molecular weight excluding hydrogens is 640 g/mol. The summed E-state index contributed by atoms with van der Waals surface area (Å²) in [5.74, 6) is -4.55. The fourth-order valence-electron chi connectivity index (χ4n) is 5.18. The van der Waals surface area contributed by atoms with Crippen molar-refractivity contribution in [2.75, 3.05) is 6.54 Å². The molecule has 0 unspecified atom stereocenters. The Bertz CT molecular complexity index is 2330. The molecule has 0 spiro atoms. The average molecular weight is 661 g/mol. The Balaban J connectivity index is 1.35. The maximum Gasteiger partial charge on any atom is 0.338 e. The highest BCUT2D eigenvalue weighted by molar-refractivity contribution is 6.06. The lowest BCUT2D eigenvalue weighted by Crippen LogP contribution is -2.22. The number of carboxylic acids is 2. The van der Waals surface area contributed by atoms with Crippen molar-refractivity contribution in [2.45, 2.75) is 6.92 Å². The molecule has 7 heterocycles. The van der Waals surface area contributed by atoms with E-state index < -0.39 is 29.6 Å². The van der Waals surface area contributed by atoms with Crippen LogP contribution >= 0.6 is 0 Å². The second-order valence-electron chi connectivity index (χ2n) is 10.3. The molecule has 19 nitrogen and oxygen atoms in total. The van der Waals surface area contributed by atoms with E-state index in [1.165, 1.54) is 61.2 Å². The van der Waals surface area contributed by atoms with Gasteiger partial charge in [0, 0.05) is 35.3 Å². The van der Waals surface area contributed by atoms with Gasteiger partial charge in [-0.2, -0.15) is 9.97 Å². The predicted molar refractivity (Wildman–Crippen MR) is 166 cm³/mol. The van der Waals surface area contributed by atoms with E-state index in [9.17, 15) is 34.8 Å². The molecule has 49 heavy (non-hydrogen) atoms. The van der Waals surface area contributed by atoms with Gasteiger partial charge in [-0.15, -0.1) is 10.2 Å². The van der Waals surface area contributed by atoms with Gasteiger partial charge in [0.05, 0.1) is 23.8 Å². The Morgan fingerprint density at radius 1 is 0.714 bits per heavy atom. The van der Waals surface area contributed by atoms with Crippen LogP contribution in [-0.4, -0.2) is 99.7 Å². The molecule has 0 atom stereocenters. The van der Waals surface area contributed by atoms with Gasteiger partial charge in [0.25, 0.3) is 5.91 Å². The molecule has 0 radical (unpaired) electrons. The number of pyridine rings is 5. The number of carboxylic acid groups (broad SMARTS) is 2. The van der Waals surface area contributed by atoms with Crippen LogP contribution in [0, 0.1) is 0 Å². The number of carbonyl (C=O) groups is 3. The van der Waals surface area contributed by atoms with Gasteiger partial charge >= 0.3 is 11.9 Å².